The number of aliphatic hydroxyl groups excluding tert-OH is 2. The van der Waals surface area contributed by atoms with Crippen molar-refractivity contribution in [2.75, 3.05) is 33.4 Å². The number of rotatable bonds is 7. The summed E-state index contributed by atoms with van der Waals surface area (Å²) in [5.74, 6) is 2.34. The number of hydrogen-bond acceptors (Lipinski definition) is 5. The number of ether oxygens (including phenoxy) is 2. The molecule has 1 aliphatic carbocycles. The number of carbonyl (C=O) groups excluding carboxylic acids is 1. The number of methoxy groups -OCH3 is 1. The topological polar surface area (TPSA) is 79.2 Å². The van der Waals surface area contributed by atoms with Crippen molar-refractivity contribution in [1.29, 1.82) is 0 Å². The Bertz CT molecular complexity index is 691. The first-order valence-electron chi connectivity index (χ1n) is 9.67. The first-order chi connectivity index (χ1) is 12.8. The third kappa shape index (κ3) is 3.92. The second kappa shape index (κ2) is 7.68. The Morgan fingerprint density at radius 3 is 2.67 bits per heavy atom. The van der Waals surface area contributed by atoms with E-state index in [0.717, 1.165) is 5.56 Å². The molecule has 6 nitrogen and oxygen atoms in total. The minimum Gasteiger partial charge on any atom is -0.493 e. The molecule has 2 aliphatic rings. The smallest absolute Gasteiger partial charge is 0.248 e. The summed E-state index contributed by atoms with van der Waals surface area (Å²) in [4.78, 5) is 13.7. The Morgan fingerprint density at radius 1 is 1.41 bits per heavy atom. The van der Waals surface area contributed by atoms with Crippen LogP contribution in [0.2, 0.25) is 0 Å². The van der Waals surface area contributed by atoms with E-state index < -0.39 is 18.1 Å². The zero-order valence-corrected chi connectivity index (χ0v) is 16.6. The number of likely N-dealkylation sites (tertiary alicyclic amines) is 1. The van der Waals surface area contributed by atoms with Crippen LogP contribution < -0.4 is 9.47 Å². The van der Waals surface area contributed by atoms with E-state index in [9.17, 15) is 15.0 Å². The van der Waals surface area contributed by atoms with Gasteiger partial charge >= 0.3 is 0 Å². The van der Waals surface area contributed by atoms with Crippen LogP contribution in [-0.2, 0) is 4.79 Å². The molecule has 1 aromatic carbocycles. The van der Waals surface area contributed by atoms with Crippen LogP contribution in [0.1, 0.15) is 38.7 Å². The van der Waals surface area contributed by atoms with Crippen LogP contribution in [0, 0.1) is 17.3 Å². The summed E-state index contributed by atoms with van der Waals surface area (Å²) in [6.45, 7) is 7.01. The highest BCUT2D eigenvalue weighted by atomic mass is 16.5. The molecule has 1 saturated heterocycles. The Labute approximate surface area is 161 Å². The van der Waals surface area contributed by atoms with Gasteiger partial charge in [-0.15, -0.1) is 0 Å². The summed E-state index contributed by atoms with van der Waals surface area (Å²) >= 11 is 0. The Morgan fingerprint density at radius 2 is 2.11 bits per heavy atom. The number of aliphatic hydroxyl groups is 2. The number of carbonyl (C=O) groups is 1. The van der Waals surface area contributed by atoms with Crippen LogP contribution in [0.25, 0.3) is 0 Å². The van der Waals surface area contributed by atoms with Gasteiger partial charge in [0, 0.05) is 24.4 Å². The number of nitrogens with zero attached hydrogens (tertiary/aromatic N) is 1. The van der Waals surface area contributed by atoms with E-state index in [2.05, 4.69) is 6.92 Å². The third-order valence-electron chi connectivity index (χ3n) is 6.49. The van der Waals surface area contributed by atoms with Gasteiger partial charge in [0.05, 0.1) is 19.8 Å². The van der Waals surface area contributed by atoms with Crippen LogP contribution in [0.5, 0.6) is 11.5 Å². The van der Waals surface area contributed by atoms with Crippen molar-refractivity contribution in [2.45, 2.75) is 39.2 Å². The maximum atomic E-state index is 12.0. The lowest BCUT2D eigenvalue weighted by Crippen LogP contribution is -2.38. The van der Waals surface area contributed by atoms with Crippen molar-refractivity contribution in [3.8, 4) is 11.5 Å². The van der Waals surface area contributed by atoms with Crippen molar-refractivity contribution >= 4 is 5.91 Å². The fraction of sp³-hybridized carbons (Fsp3) is 0.667. The average molecular weight is 377 g/mol. The molecule has 0 spiro atoms. The predicted octanol–water partition coefficient (Wildman–Crippen LogP) is 2.04. The van der Waals surface area contributed by atoms with E-state index in [1.165, 1.54) is 6.42 Å². The molecule has 0 bridgehead atoms. The molecule has 150 valence electrons. The molecular weight excluding hydrogens is 346 g/mol. The molecule has 27 heavy (non-hydrogen) atoms. The van der Waals surface area contributed by atoms with Gasteiger partial charge in [0.1, 0.15) is 6.61 Å². The lowest BCUT2D eigenvalue weighted by Gasteiger charge is -2.33. The first kappa shape index (κ1) is 20.0. The molecule has 0 aromatic heterocycles. The minimum absolute atomic E-state index is 0.0545. The lowest BCUT2D eigenvalue weighted by atomic mass is 9.72. The zero-order valence-electron chi connectivity index (χ0n) is 16.6. The summed E-state index contributed by atoms with van der Waals surface area (Å²) in [6.07, 6.45) is 0.598. The molecule has 1 saturated carbocycles. The van der Waals surface area contributed by atoms with Crippen LogP contribution in [0.4, 0.5) is 0 Å². The number of benzene rings is 1. The van der Waals surface area contributed by atoms with Gasteiger partial charge in [-0.05, 0) is 42.9 Å². The van der Waals surface area contributed by atoms with E-state index in [4.69, 9.17) is 9.47 Å². The van der Waals surface area contributed by atoms with Crippen molar-refractivity contribution in [1.82, 2.24) is 4.90 Å². The third-order valence-corrected chi connectivity index (χ3v) is 6.49. The number of hydrogen-bond donors (Lipinski definition) is 2. The van der Waals surface area contributed by atoms with Gasteiger partial charge in [0.15, 0.2) is 11.5 Å². The Hall–Kier alpha value is -1.79. The van der Waals surface area contributed by atoms with E-state index in [-0.39, 0.29) is 11.8 Å². The molecule has 1 aromatic rings. The van der Waals surface area contributed by atoms with Crippen molar-refractivity contribution in [3.05, 3.63) is 23.8 Å². The predicted molar refractivity (Wildman–Crippen MR) is 102 cm³/mol. The quantitative estimate of drug-likeness (QED) is 0.760. The summed E-state index contributed by atoms with van der Waals surface area (Å²) in [5, 5.41) is 19.7. The van der Waals surface area contributed by atoms with Gasteiger partial charge in [-0.25, -0.2) is 0 Å². The highest BCUT2D eigenvalue weighted by molar-refractivity contribution is 5.77. The maximum absolute atomic E-state index is 12.0. The normalized spacial score (nSPS) is 30.9. The monoisotopic (exact) mass is 377 g/mol. The molecule has 1 heterocycles. The van der Waals surface area contributed by atoms with Gasteiger partial charge in [0.2, 0.25) is 5.91 Å². The Kier molecular flexibility index (Phi) is 5.68. The molecular formula is C21H31NO5. The highest BCUT2D eigenvalue weighted by Gasteiger charge is 2.48. The molecule has 3 rings (SSSR count). The molecule has 1 amide bonds. The lowest BCUT2D eigenvalue weighted by molar-refractivity contribution is -0.133. The van der Waals surface area contributed by atoms with Crippen molar-refractivity contribution in [2.24, 2.45) is 17.3 Å². The van der Waals surface area contributed by atoms with Gasteiger partial charge < -0.3 is 24.6 Å². The van der Waals surface area contributed by atoms with Crippen LogP contribution in [0.3, 0.4) is 0 Å². The van der Waals surface area contributed by atoms with Gasteiger partial charge in [0.25, 0.3) is 0 Å². The SMILES string of the molecule is COc1ccc([C@@H]2CN(C(=O)CO)C[C@@]2(C)[C@@H](C)O)cc1OCC1CC1C. The summed E-state index contributed by atoms with van der Waals surface area (Å²) in [5.41, 5.74) is 0.508. The number of amides is 1. The molecule has 2 unspecified atom stereocenters. The molecule has 2 N–H and O–H groups in total. The average Bonchev–Trinajstić information content (AvgIpc) is 3.24. The minimum atomic E-state index is -0.599. The maximum Gasteiger partial charge on any atom is 0.248 e. The standard InChI is InChI=1S/C21H31NO5/c1-13-7-16(13)11-27-19-8-15(5-6-18(19)26-4)17-9-22(20(25)10-23)12-21(17,3)14(2)24/h5-6,8,13-14,16-17,23-24H,7,9-12H2,1-4H3/t13?,14-,16?,17+,21+/m1/s1. The zero-order chi connectivity index (χ0) is 19.8. The first-order valence-corrected chi connectivity index (χ1v) is 9.67. The molecule has 0 radical (unpaired) electrons. The van der Waals surface area contributed by atoms with E-state index in [0.29, 0.717) is 43.0 Å². The van der Waals surface area contributed by atoms with Crippen LogP contribution in [0.15, 0.2) is 18.2 Å². The van der Waals surface area contributed by atoms with E-state index in [1.807, 2.05) is 25.1 Å². The molecule has 1 aliphatic heterocycles. The van der Waals surface area contributed by atoms with Crippen molar-refractivity contribution < 1.29 is 24.5 Å². The summed E-state index contributed by atoms with van der Waals surface area (Å²) in [6, 6.07) is 5.84. The van der Waals surface area contributed by atoms with Crippen LogP contribution in [-0.4, -0.2) is 60.5 Å². The van der Waals surface area contributed by atoms with E-state index >= 15 is 0 Å². The van der Waals surface area contributed by atoms with Gasteiger partial charge in [-0.2, -0.15) is 0 Å². The highest BCUT2D eigenvalue weighted by Crippen LogP contribution is 2.47. The molecule has 6 heteroatoms. The van der Waals surface area contributed by atoms with Crippen molar-refractivity contribution in [3.63, 3.8) is 0 Å². The fourth-order valence-electron chi connectivity index (χ4n) is 4.07. The van der Waals surface area contributed by atoms with Crippen LogP contribution >= 0.6 is 0 Å². The summed E-state index contributed by atoms with van der Waals surface area (Å²) < 4.78 is 11.5. The Balaban J connectivity index is 1.87. The molecule has 5 atom stereocenters. The second-order valence-electron chi connectivity index (χ2n) is 8.36. The van der Waals surface area contributed by atoms with Gasteiger partial charge in [-0.1, -0.05) is 19.9 Å². The van der Waals surface area contributed by atoms with Gasteiger partial charge in [-0.3, -0.25) is 4.79 Å². The van der Waals surface area contributed by atoms with E-state index in [1.54, 1.807) is 18.9 Å². The second-order valence-corrected chi connectivity index (χ2v) is 8.36. The largest absolute Gasteiger partial charge is 0.493 e. The molecule has 2 fully saturated rings. The summed E-state index contributed by atoms with van der Waals surface area (Å²) in [7, 11) is 1.62. The fourth-order valence-corrected chi connectivity index (χ4v) is 4.07.